The van der Waals surface area contributed by atoms with Crippen LogP contribution in [0.5, 0.6) is 0 Å². The van der Waals surface area contributed by atoms with E-state index < -0.39 is 28.7 Å². The summed E-state index contributed by atoms with van der Waals surface area (Å²) in [5, 5.41) is 19.6. The van der Waals surface area contributed by atoms with Crippen LogP contribution in [0.1, 0.15) is 63.4 Å². The Balaban J connectivity index is 3.39. The molecule has 0 unspecified atom stereocenters. The van der Waals surface area contributed by atoms with Gasteiger partial charge in [0.1, 0.15) is 0 Å². The fourth-order valence-corrected chi connectivity index (χ4v) is 3.81. The maximum Gasteiger partial charge on any atom is 0.321 e. The number of rotatable bonds is 8. The van der Waals surface area contributed by atoms with Gasteiger partial charge in [-0.25, -0.2) is 0 Å². The fraction of sp³-hybridized carbons (Fsp3) is 0.550. The summed E-state index contributed by atoms with van der Waals surface area (Å²) in [6, 6.07) is 4.92. The van der Waals surface area contributed by atoms with Crippen molar-refractivity contribution in [3.8, 4) is 0 Å². The van der Waals surface area contributed by atoms with Crippen LogP contribution in [-0.2, 0) is 16.0 Å². The van der Waals surface area contributed by atoms with Gasteiger partial charge < -0.3 is 10.2 Å². The van der Waals surface area contributed by atoms with Crippen LogP contribution in [0.15, 0.2) is 22.7 Å². The number of hydrogen-bond donors (Lipinski definition) is 2. The third kappa shape index (κ3) is 4.34. The summed E-state index contributed by atoms with van der Waals surface area (Å²) >= 11 is 3.39. The second-order valence-corrected chi connectivity index (χ2v) is 8.51. The maximum absolute atomic E-state index is 12.4. The number of aliphatic carboxylic acids is 2. The molecule has 0 aliphatic carbocycles. The zero-order valence-electron chi connectivity index (χ0n) is 15.9. The predicted octanol–water partition coefficient (Wildman–Crippen LogP) is 4.81. The summed E-state index contributed by atoms with van der Waals surface area (Å²) in [5.74, 6) is -3.20. The smallest absolute Gasteiger partial charge is 0.321 e. The molecule has 5 nitrogen and oxygen atoms in total. The van der Waals surface area contributed by atoms with E-state index in [1.54, 1.807) is 32.0 Å². The molecule has 1 aromatic rings. The monoisotopic (exact) mass is 426 g/mol. The Morgan fingerprint density at radius 1 is 1.04 bits per heavy atom. The minimum Gasteiger partial charge on any atom is -0.480 e. The molecule has 0 heterocycles. The van der Waals surface area contributed by atoms with E-state index in [1.807, 2.05) is 20.8 Å². The summed E-state index contributed by atoms with van der Waals surface area (Å²) in [6.07, 6.45) is 0.759. The van der Waals surface area contributed by atoms with Crippen molar-refractivity contribution in [3.63, 3.8) is 0 Å². The SMILES string of the molecule is CCC(CC)C(Cc1ccc(C(=O)C(C)(C)C)cc1Br)(C(=O)O)C(=O)O. The lowest BCUT2D eigenvalue weighted by Gasteiger charge is -2.33. The topological polar surface area (TPSA) is 91.7 Å². The van der Waals surface area contributed by atoms with Crippen molar-refractivity contribution in [1.29, 1.82) is 0 Å². The third-order valence-electron chi connectivity index (χ3n) is 4.91. The highest BCUT2D eigenvalue weighted by molar-refractivity contribution is 9.10. The number of hydrogen-bond acceptors (Lipinski definition) is 3. The van der Waals surface area contributed by atoms with Gasteiger partial charge in [0.2, 0.25) is 0 Å². The molecule has 0 aromatic heterocycles. The van der Waals surface area contributed by atoms with Gasteiger partial charge in [0.15, 0.2) is 11.2 Å². The van der Waals surface area contributed by atoms with Crippen LogP contribution in [0.25, 0.3) is 0 Å². The summed E-state index contributed by atoms with van der Waals surface area (Å²) in [4.78, 5) is 36.4. The molecule has 0 atom stereocenters. The normalized spacial score (nSPS) is 12.3. The molecule has 6 heteroatoms. The highest BCUT2D eigenvalue weighted by atomic mass is 79.9. The second-order valence-electron chi connectivity index (χ2n) is 7.66. The van der Waals surface area contributed by atoms with Crippen LogP contribution in [0, 0.1) is 16.7 Å². The van der Waals surface area contributed by atoms with Crippen LogP contribution in [0.3, 0.4) is 0 Å². The second kappa shape index (κ2) is 8.33. The quantitative estimate of drug-likeness (QED) is 0.459. The van der Waals surface area contributed by atoms with Gasteiger partial charge in [0.05, 0.1) is 0 Å². The van der Waals surface area contributed by atoms with Crippen molar-refractivity contribution in [2.24, 2.45) is 16.7 Å². The maximum atomic E-state index is 12.4. The van der Waals surface area contributed by atoms with Gasteiger partial charge in [-0.05, 0) is 17.5 Å². The average molecular weight is 427 g/mol. The number of carbonyl (C=O) groups is 3. The van der Waals surface area contributed by atoms with Crippen LogP contribution in [0.2, 0.25) is 0 Å². The number of carbonyl (C=O) groups excluding carboxylic acids is 1. The average Bonchev–Trinajstić information content (AvgIpc) is 2.54. The van der Waals surface area contributed by atoms with E-state index in [9.17, 15) is 24.6 Å². The van der Waals surface area contributed by atoms with E-state index >= 15 is 0 Å². The van der Waals surface area contributed by atoms with Crippen LogP contribution < -0.4 is 0 Å². The van der Waals surface area contributed by atoms with Gasteiger partial charge in [-0.1, -0.05) is 75.5 Å². The van der Waals surface area contributed by atoms with Crippen molar-refractivity contribution in [3.05, 3.63) is 33.8 Å². The van der Waals surface area contributed by atoms with E-state index in [0.717, 1.165) is 0 Å². The van der Waals surface area contributed by atoms with Gasteiger partial charge in [0.25, 0.3) is 0 Å². The first-order valence-corrected chi connectivity index (χ1v) is 9.51. The van der Waals surface area contributed by atoms with Gasteiger partial charge in [0, 0.05) is 21.9 Å². The van der Waals surface area contributed by atoms with Crippen molar-refractivity contribution < 1.29 is 24.6 Å². The molecule has 0 bridgehead atoms. The largest absolute Gasteiger partial charge is 0.480 e. The lowest BCUT2D eigenvalue weighted by Crippen LogP contribution is -2.47. The molecule has 0 radical (unpaired) electrons. The molecule has 0 aliphatic heterocycles. The number of ketones is 1. The summed E-state index contributed by atoms with van der Waals surface area (Å²) in [5.41, 5.74) is -1.37. The van der Waals surface area contributed by atoms with Crippen molar-refractivity contribution >= 4 is 33.7 Å². The molecular formula is C20H27BrO5. The number of carboxylic acids is 2. The zero-order chi connectivity index (χ0) is 20.3. The fourth-order valence-electron chi connectivity index (χ4n) is 3.29. The van der Waals surface area contributed by atoms with E-state index in [-0.39, 0.29) is 12.2 Å². The van der Waals surface area contributed by atoms with Crippen LogP contribution in [0.4, 0.5) is 0 Å². The van der Waals surface area contributed by atoms with Gasteiger partial charge >= 0.3 is 11.9 Å². The molecule has 2 N–H and O–H groups in total. The summed E-state index contributed by atoms with van der Waals surface area (Å²) in [7, 11) is 0. The number of Topliss-reactive ketones (excluding diaryl/α,β-unsaturated/α-hetero) is 1. The highest BCUT2D eigenvalue weighted by Gasteiger charge is 2.51. The molecule has 0 saturated heterocycles. The van der Waals surface area contributed by atoms with Gasteiger partial charge in [-0.3, -0.25) is 14.4 Å². The Labute approximate surface area is 162 Å². The molecule has 1 rings (SSSR count). The van der Waals surface area contributed by atoms with Crippen molar-refractivity contribution in [1.82, 2.24) is 0 Å². The Bertz CT molecular complexity index is 685. The first-order valence-electron chi connectivity index (χ1n) is 8.71. The van der Waals surface area contributed by atoms with Crippen molar-refractivity contribution in [2.45, 2.75) is 53.9 Å². The number of carboxylic acid groups (broad SMARTS) is 2. The molecule has 0 fully saturated rings. The van der Waals surface area contributed by atoms with Gasteiger partial charge in [-0.2, -0.15) is 0 Å². The minimum absolute atomic E-state index is 0.0347. The molecule has 0 aliphatic rings. The van der Waals surface area contributed by atoms with E-state index in [1.165, 1.54) is 0 Å². The van der Waals surface area contributed by atoms with Gasteiger partial charge in [-0.15, -0.1) is 0 Å². The Hall–Kier alpha value is -1.69. The van der Waals surface area contributed by atoms with E-state index in [2.05, 4.69) is 15.9 Å². The Morgan fingerprint density at radius 3 is 1.88 bits per heavy atom. The third-order valence-corrected chi connectivity index (χ3v) is 5.65. The Morgan fingerprint density at radius 2 is 1.54 bits per heavy atom. The van der Waals surface area contributed by atoms with Crippen LogP contribution >= 0.6 is 15.9 Å². The molecule has 0 amide bonds. The van der Waals surface area contributed by atoms with Crippen molar-refractivity contribution in [2.75, 3.05) is 0 Å². The lowest BCUT2D eigenvalue weighted by atomic mass is 9.68. The lowest BCUT2D eigenvalue weighted by molar-refractivity contribution is -0.169. The standard InChI is InChI=1S/C20H27BrO5/c1-6-14(7-2)20(17(23)24,18(25)26)11-13-9-8-12(10-15(13)21)16(22)19(3,4)5/h8-10,14H,6-7,11H2,1-5H3,(H,23,24)(H,25,26). The predicted molar refractivity (Wildman–Crippen MR) is 103 cm³/mol. The molecule has 26 heavy (non-hydrogen) atoms. The molecule has 144 valence electrons. The van der Waals surface area contributed by atoms with E-state index in [0.29, 0.717) is 28.4 Å². The highest BCUT2D eigenvalue weighted by Crippen LogP contribution is 2.39. The first kappa shape index (κ1) is 22.4. The van der Waals surface area contributed by atoms with Crippen LogP contribution in [-0.4, -0.2) is 27.9 Å². The molecular weight excluding hydrogens is 400 g/mol. The molecule has 0 spiro atoms. The first-order chi connectivity index (χ1) is 11.9. The summed E-state index contributed by atoms with van der Waals surface area (Å²) < 4.78 is 0.547. The Kier molecular flexibility index (Phi) is 7.17. The minimum atomic E-state index is -1.90. The van der Waals surface area contributed by atoms with E-state index in [4.69, 9.17) is 0 Å². The summed E-state index contributed by atoms with van der Waals surface area (Å²) in [6.45, 7) is 9.07. The zero-order valence-corrected chi connectivity index (χ0v) is 17.5. The number of halogens is 1. The molecule has 1 aromatic carbocycles. The molecule has 0 saturated carbocycles. The number of benzene rings is 1.